The van der Waals surface area contributed by atoms with Crippen LogP contribution in [0.1, 0.15) is 133 Å². The van der Waals surface area contributed by atoms with E-state index < -0.39 is 0 Å². The highest BCUT2D eigenvalue weighted by Crippen LogP contribution is 2.64. The first kappa shape index (κ1) is 30.0. The van der Waals surface area contributed by atoms with Crippen molar-refractivity contribution in [1.29, 1.82) is 0 Å². The van der Waals surface area contributed by atoms with Gasteiger partial charge in [-0.3, -0.25) is 0 Å². The largest absolute Gasteiger partial charge is 0.396 e. The Balaban J connectivity index is 0.00000129. The molecule has 3 aliphatic rings. The van der Waals surface area contributed by atoms with Crippen LogP contribution in [0.4, 0.5) is 0 Å². The van der Waals surface area contributed by atoms with Crippen LogP contribution < -0.4 is 0 Å². The lowest BCUT2D eigenvalue weighted by Crippen LogP contribution is -2.48. The minimum absolute atomic E-state index is 0.387. The molecule has 30 heavy (non-hydrogen) atoms. The van der Waals surface area contributed by atoms with Crippen LogP contribution in [0, 0.1) is 46.8 Å². The molecule has 0 spiro atoms. The number of hydrogen-bond acceptors (Lipinski definition) is 1. The molecule has 1 N–H and O–H groups in total. The molecule has 3 saturated carbocycles. The molecule has 3 rings (SSSR count). The second-order valence-electron chi connectivity index (χ2n) is 9.90. The number of aliphatic hydroxyl groups excluding tert-OH is 1. The third kappa shape index (κ3) is 6.49. The topological polar surface area (TPSA) is 20.2 Å². The lowest BCUT2D eigenvalue weighted by Gasteiger charge is -2.55. The third-order valence-corrected chi connectivity index (χ3v) is 8.85. The third-order valence-electron chi connectivity index (χ3n) is 8.85. The molecule has 0 aromatic rings. The molecule has 3 fully saturated rings. The summed E-state index contributed by atoms with van der Waals surface area (Å²) in [6, 6.07) is 0. The Morgan fingerprint density at radius 1 is 0.800 bits per heavy atom. The highest BCUT2D eigenvalue weighted by molar-refractivity contribution is 5.06. The first-order valence-electron chi connectivity index (χ1n) is 14.2. The van der Waals surface area contributed by atoms with E-state index in [9.17, 15) is 5.11 Å². The van der Waals surface area contributed by atoms with Gasteiger partial charge in [0.2, 0.25) is 0 Å². The van der Waals surface area contributed by atoms with Gasteiger partial charge in [0, 0.05) is 6.61 Å². The molecule has 0 radical (unpaired) electrons. The normalized spacial score (nSPS) is 37.7. The summed E-state index contributed by atoms with van der Waals surface area (Å²) >= 11 is 0. The van der Waals surface area contributed by atoms with Crippen LogP contribution in [-0.2, 0) is 0 Å². The van der Waals surface area contributed by atoms with Crippen molar-refractivity contribution in [3.63, 3.8) is 0 Å². The molecule has 0 aromatic carbocycles. The van der Waals surface area contributed by atoms with E-state index in [1.54, 1.807) is 0 Å². The van der Waals surface area contributed by atoms with Crippen molar-refractivity contribution in [1.82, 2.24) is 0 Å². The first-order chi connectivity index (χ1) is 14.6. The Morgan fingerprint density at radius 2 is 1.40 bits per heavy atom. The summed E-state index contributed by atoms with van der Waals surface area (Å²) in [5.41, 5.74) is 0.525. The quantitative estimate of drug-likeness (QED) is 0.450. The molecule has 0 aromatic heterocycles. The molecule has 0 aliphatic heterocycles. The molecular formula is C29H60O. The highest BCUT2D eigenvalue weighted by Gasteiger charge is 2.56. The standard InChI is InChI=1S/C23H42O.3C2H6/c1-5-7-17-9-10-20-19(18(17)8-6-2)13-14-23(4)21(16(3)15-24)11-12-22(20)23;3*1-2/h16-22,24H,5-15H2,1-4H3;3*1-2H3. The Hall–Kier alpha value is -0.0400. The van der Waals surface area contributed by atoms with Gasteiger partial charge in [0.25, 0.3) is 0 Å². The minimum atomic E-state index is 0.387. The van der Waals surface area contributed by atoms with Crippen molar-refractivity contribution >= 4 is 0 Å². The van der Waals surface area contributed by atoms with Gasteiger partial charge in [-0.05, 0) is 85.4 Å². The van der Waals surface area contributed by atoms with E-state index in [4.69, 9.17) is 0 Å². The summed E-state index contributed by atoms with van der Waals surface area (Å²) in [6.45, 7) is 22.1. The Kier molecular flexibility index (Phi) is 15.7. The van der Waals surface area contributed by atoms with Gasteiger partial charge in [0.1, 0.15) is 0 Å². The van der Waals surface area contributed by atoms with Crippen molar-refractivity contribution in [2.24, 2.45) is 46.8 Å². The average molecular weight is 425 g/mol. The molecule has 0 heterocycles. The van der Waals surface area contributed by atoms with Crippen molar-refractivity contribution in [3.05, 3.63) is 0 Å². The second-order valence-corrected chi connectivity index (χ2v) is 9.90. The van der Waals surface area contributed by atoms with Gasteiger partial charge in [-0.25, -0.2) is 0 Å². The van der Waals surface area contributed by atoms with Gasteiger partial charge in [-0.2, -0.15) is 0 Å². The van der Waals surface area contributed by atoms with E-state index in [2.05, 4.69) is 27.7 Å². The van der Waals surface area contributed by atoms with E-state index in [0.29, 0.717) is 17.9 Å². The zero-order chi connectivity index (χ0) is 23.3. The van der Waals surface area contributed by atoms with Gasteiger partial charge >= 0.3 is 0 Å². The van der Waals surface area contributed by atoms with Crippen LogP contribution in [0.3, 0.4) is 0 Å². The number of rotatable bonds is 6. The monoisotopic (exact) mass is 424 g/mol. The summed E-state index contributed by atoms with van der Waals surface area (Å²) in [6.07, 6.45) is 14.5. The Labute approximate surface area is 192 Å². The molecule has 0 bridgehead atoms. The summed E-state index contributed by atoms with van der Waals surface area (Å²) in [7, 11) is 0. The van der Waals surface area contributed by atoms with Crippen LogP contribution >= 0.6 is 0 Å². The Bertz CT molecular complexity index is 405. The van der Waals surface area contributed by atoms with Crippen LogP contribution in [0.5, 0.6) is 0 Å². The van der Waals surface area contributed by atoms with Crippen LogP contribution in [0.15, 0.2) is 0 Å². The molecule has 1 nitrogen and oxygen atoms in total. The molecule has 8 atom stereocenters. The number of hydrogen-bond donors (Lipinski definition) is 1. The van der Waals surface area contributed by atoms with Crippen LogP contribution in [0.25, 0.3) is 0 Å². The smallest absolute Gasteiger partial charge is 0.0459 e. The lowest BCUT2D eigenvalue weighted by molar-refractivity contribution is -0.0654. The molecule has 0 saturated heterocycles. The van der Waals surface area contributed by atoms with Gasteiger partial charge in [-0.1, -0.05) is 94.9 Å². The maximum atomic E-state index is 9.74. The van der Waals surface area contributed by atoms with Crippen LogP contribution in [-0.4, -0.2) is 11.7 Å². The molecule has 182 valence electrons. The molecule has 1 heteroatoms. The van der Waals surface area contributed by atoms with E-state index in [0.717, 1.165) is 35.5 Å². The summed E-state index contributed by atoms with van der Waals surface area (Å²) in [5, 5.41) is 9.74. The van der Waals surface area contributed by atoms with Crippen molar-refractivity contribution in [2.75, 3.05) is 6.61 Å². The van der Waals surface area contributed by atoms with Gasteiger partial charge in [0.15, 0.2) is 0 Å². The predicted octanol–water partition coefficient (Wildman–Crippen LogP) is 9.38. The molecule has 3 aliphatic carbocycles. The fourth-order valence-electron chi connectivity index (χ4n) is 7.85. The second kappa shape index (κ2) is 15.7. The van der Waals surface area contributed by atoms with Gasteiger partial charge in [0.05, 0.1) is 0 Å². The maximum Gasteiger partial charge on any atom is 0.0459 e. The molecular weight excluding hydrogens is 364 g/mol. The average Bonchev–Trinajstić information content (AvgIpc) is 3.16. The Morgan fingerprint density at radius 3 is 1.93 bits per heavy atom. The van der Waals surface area contributed by atoms with E-state index >= 15 is 0 Å². The van der Waals surface area contributed by atoms with Gasteiger partial charge < -0.3 is 5.11 Å². The van der Waals surface area contributed by atoms with E-state index in [1.165, 1.54) is 64.2 Å². The molecule has 8 unspecified atom stereocenters. The van der Waals surface area contributed by atoms with Crippen molar-refractivity contribution < 1.29 is 5.11 Å². The number of aliphatic hydroxyl groups is 1. The molecule has 0 amide bonds. The zero-order valence-corrected chi connectivity index (χ0v) is 22.8. The minimum Gasteiger partial charge on any atom is -0.396 e. The van der Waals surface area contributed by atoms with Crippen LogP contribution in [0.2, 0.25) is 0 Å². The van der Waals surface area contributed by atoms with Crippen molar-refractivity contribution in [3.8, 4) is 0 Å². The lowest BCUT2D eigenvalue weighted by atomic mass is 9.50. The van der Waals surface area contributed by atoms with Crippen molar-refractivity contribution in [2.45, 2.75) is 133 Å². The summed E-state index contributed by atoms with van der Waals surface area (Å²) in [4.78, 5) is 0. The fourth-order valence-corrected chi connectivity index (χ4v) is 7.85. The van der Waals surface area contributed by atoms with E-state index in [-0.39, 0.29) is 0 Å². The predicted molar refractivity (Wildman–Crippen MR) is 137 cm³/mol. The summed E-state index contributed by atoms with van der Waals surface area (Å²) in [5.74, 6) is 6.30. The van der Waals surface area contributed by atoms with E-state index in [1.807, 2.05) is 41.5 Å². The zero-order valence-electron chi connectivity index (χ0n) is 22.8. The fraction of sp³-hybridized carbons (Fsp3) is 1.00. The summed E-state index contributed by atoms with van der Waals surface area (Å²) < 4.78 is 0. The highest BCUT2D eigenvalue weighted by atomic mass is 16.3. The number of fused-ring (bicyclic) bond motifs is 3. The van der Waals surface area contributed by atoms with Gasteiger partial charge in [-0.15, -0.1) is 0 Å². The SMILES string of the molecule is CC.CC.CC.CCCC1CCC2C(CCC3(C)C(C(C)CO)CCC23)C1CCC. The maximum absolute atomic E-state index is 9.74. The first-order valence-corrected chi connectivity index (χ1v) is 14.2.